The van der Waals surface area contributed by atoms with E-state index < -0.39 is 11.9 Å². The summed E-state index contributed by atoms with van der Waals surface area (Å²) in [5.41, 5.74) is 3.61. The minimum Gasteiger partial charge on any atom is -0.491 e. The normalized spacial score (nSPS) is 12.6. The van der Waals surface area contributed by atoms with Crippen molar-refractivity contribution in [2.75, 3.05) is 98.4 Å². The summed E-state index contributed by atoms with van der Waals surface area (Å²) in [5.74, 6) is 0.198. The summed E-state index contributed by atoms with van der Waals surface area (Å²) < 4.78 is 49.4. The molecule has 1 aliphatic heterocycles. The molecule has 8 rings (SSSR count). The molecule has 1 heterocycles. The molecule has 0 spiro atoms. The highest BCUT2D eigenvalue weighted by Gasteiger charge is 2.30. The molecular formula is C48H47NO11. The summed E-state index contributed by atoms with van der Waals surface area (Å²) in [7, 11) is 3.29. The first-order chi connectivity index (χ1) is 29.6. The first-order valence-corrected chi connectivity index (χ1v) is 20.0. The van der Waals surface area contributed by atoms with E-state index in [1.807, 2.05) is 60.7 Å². The molecule has 7 aromatic carbocycles. The zero-order valence-electron chi connectivity index (χ0n) is 33.7. The summed E-state index contributed by atoms with van der Waals surface area (Å²) in [5, 5.41) is 7.60. The fourth-order valence-corrected chi connectivity index (χ4v) is 7.69. The van der Waals surface area contributed by atoms with Crippen LogP contribution >= 0.6 is 0 Å². The Hall–Kier alpha value is -5.86. The maximum atomic E-state index is 12.8. The van der Waals surface area contributed by atoms with Crippen molar-refractivity contribution in [3.05, 3.63) is 114 Å². The summed E-state index contributed by atoms with van der Waals surface area (Å²) >= 11 is 0. The highest BCUT2D eigenvalue weighted by molar-refractivity contribution is 6.38. The number of carbonyl (C=O) groups excluding carboxylic acids is 2. The molecule has 0 radical (unpaired) electrons. The van der Waals surface area contributed by atoms with Crippen LogP contribution in [0.3, 0.4) is 0 Å². The molecule has 0 N–H and O–H groups in total. The molecule has 310 valence electrons. The van der Waals surface area contributed by atoms with E-state index in [9.17, 15) is 9.59 Å². The van der Waals surface area contributed by atoms with Gasteiger partial charge in [0.25, 0.3) is 0 Å². The lowest BCUT2D eigenvalue weighted by Gasteiger charge is -2.28. The van der Waals surface area contributed by atoms with Crippen molar-refractivity contribution in [1.82, 2.24) is 0 Å². The van der Waals surface area contributed by atoms with E-state index in [-0.39, 0.29) is 0 Å². The number of hydrogen-bond acceptors (Lipinski definition) is 12. The Morgan fingerprint density at radius 3 is 1.33 bits per heavy atom. The second-order valence-electron chi connectivity index (χ2n) is 14.1. The maximum Gasteiger partial charge on any atom is 0.346 e. The van der Waals surface area contributed by atoms with E-state index >= 15 is 0 Å². The molecule has 1 aliphatic rings. The smallest absolute Gasteiger partial charge is 0.346 e. The predicted molar refractivity (Wildman–Crippen MR) is 230 cm³/mol. The molecule has 0 fully saturated rings. The summed E-state index contributed by atoms with van der Waals surface area (Å²) in [6, 6.07) is 34.0. The SMILES string of the molecule is COCCOCCOCCOc1ccc(N(c2ccc(OCCOCCOCCOC)cc2)c2ccc3c4ccc5c6c(ccc(c7cccc2c73)c64)C(=O)OC5=O)cc1. The van der Waals surface area contributed by atoms with Crippen molar-refractivity contribution >= 4 is 72.1 Å². The van der Waals surface area contributed by atoms with Gasteiger partial charge in [0.05, 0.1) is 82.9 Å². The van der Waals surface area contributed by atoms with Crippen LogP contribution in [0.15, 0.2) is 103 Å². The van der Waals surface area contributed by atoms with Crippen LogP contribution in [0.2, 0.25) is 0 Å². The van der Waals surface area contributed by atoms with Gasteiger partial charge in [0, 0.05) is 36.4 Å². The Bertz CT molecular complexity index is 2420. The molecular weight excluding hydrogens is 767 g/mol. The highest BCUT2D eigenvalue weighted by atomic mass is 16.6. The number of methoxy groups -OCH3 is 2. The van der Waals surface area contributed by atoms with Gasteiger partial charge in [-0.1, -0.05) is 36.4 Å². The van der Waals surface area contributed by atoms with E-state index in [2.05, 4.69) is 35.2 Å². The van der Waals surface area contributed by atoms with Crippen LogP contribution in [0, 0.1) is 0 Å². The van der Waals surface area contributed by atoms with Crippen molar-refractivity contribution in [3.63, 3.8) is 0 Å². The van der Waals surface area contributed by atoms with E-state index in [1.165, 1.54) is 0 Å². The number of benzene rings is 7. The molecule has 7 aromatic rings. The van der Waals surface area contributed by atoms with E-state index in [1.54, 1.807) is 26.4 Å². The van der Waals surface area contributed by atoms with Gasteiger partial charge in [-0.2, -0.15) is 0 Å². The van der Waals surface area contributed by atoms with Gasteiger partial charge < -0.3 is 47.5 Å². The Kier molecular flexibility index (Phi) is 13.3. The predicted octanol–water partition coefficient (Wildman–Crippen LogP) is 8.63. The van der Waals surface area contributed by atoms with Gasteiger partial charge >= 0.3 is 11.9 Å². The van der Waals surface area contributed by atoms with Crippen LogP contribution in [-0.4, -0.2) is 105 Å². The van der Waals surface area contributed by atoms with Crippen molar-refractivity contribution in [2.24, 2.45) is 0 Å². The molecule has 0 aromatic heterocycles. The lowest BCUT2D eigenvalue weighted by atomic mass is 9.85. The number of fused-ring (bicyclic) bond motifs is 2. The number of anilines is 3. The van der Waals surface area contributed by atoms with Gasteiger partial charge in [-0.25, -0.2) is 9.59 Å². The second-order valence-corrected chi connectivity index (χ2v) is 14.1. The molecule has 0 aliphatic carbocycles. The monoisotopic (exact) mass is 813 g/mol. The summed E-state index contributed by atoms with van der Waals surface area (Å²) in [6.07, 6.45) is 0. The molecule has 60 heavy (non-hydrogen) atoms. The first-order valence-electron chi connectivity index (χ1n) is 20.0. The second kappa shape index (κ2) is 19.5. The van der Waals surface area contributed by atoms with E-state index in [0.29, 0.717) is 95.8 Å². The summed E-state index contributed by atoms with van der Waals surface area (Å²) in [4.78, 5) is 27.9. The van der Waals surface area contributed by atoms with Gasteiger partial charge in [-0.15, -0.1) is 0 Å². The fourth-order valence-electron chi connectivity index (χ4n) is 7.69. The van der Waals surface area contributed by atoms with Crippen molar-refractivity contribution in [3.8, 4) is 11.5 Å². The Morgan fingerprint density at radius 2 is 0.833 bits per heavy atom. The Morgan fingerprint density at radius 1 is 0.417 bits per heavy atom. The van der Waals surface area contributed by atoms with Crippen LogP contribution < -0.4 is 14.4 Å². The van der Waals surface area contributed by atoms with Crippen molar-refractivity contribution < 1.29 is 52.2 Å². The van der Waals surface area contributed by atoms with Crippen LogP contribution in [-0.2, 0) is 33.2 Å². The number of rotatable bonds is 23. The molecule has 0 unspecified atom stereocenters. The number of ether oxygens (including phenoxy) is 9. The maximum absolute atomic E-state index is 12.8. The van der Waals surface area contributed by atoms with Gasteiger partial charge in [0.15, 0.2) is 0 Å². The van der Waals surface area contributed by atoms with Gasteiger partial charge in [-0.05, 0) is 99.0 Å². The minimum atomic E-state index is -0.625. The minimum absolute atomic E-state index is 0.398. The lowest BCUT2D eigenvalue weighted by Crippen LogP contribution is -2.19. The van der Waals surface area contributed by atoms with Crippen LogP contribution in [0.25, 0.3) is 43.1 Å². The number of cyclic esters (lactones) is 2. The number of carbonyl (C=O) groups is 2. The lowest BCUT2D eigenvalue weighted by molar-refractivity contribution is 0.0180. The topological polar surface area (TPSA) is 120 Å². The molecule has 0 atom stereocenters. The molecule has 12 heteroatoms. The van der Waals surface area contributed by atoms with Gasteiger partial charge in [0.2, 0.25) is 0 Å². The third-order valence-electron chi connectivity index (χ3n) is 10.4. The van der Waals surface area contributed by atoms with Gasteiger partial charge in [-0.3, -0.25) is 0 Å². The third-order valence-corrected chi connectivity index (χ3v) is 10.4. The van der Waals surface area contributed by atoms with E-state index in [4.69, 9.17) is 42.6 Å². The Balaban J connectivity index is 1.09. The molecule has 0 amide bonds. The van der Waals surface area contributed by atoms with Crippen molar-refractivity contribution in [1.29, 1.82) is 0 Å². The standard InChI is InChI=1S/C48H47NO11/c1-52-20-22-54-24-26-56-28-30-58-34-10-6-32(7-11-34)49(33-8-12-35(13-9-33)59-31-29-57-27-25-55-23-21-53-2)43-19-18-37-39-15-17-42-46-41(47(50)60-48(42)51)16-14-38(45(39)46)36-4-3-5-40(43)44(36)37/h3-19H,20-31H2,1-2H3. The average molecular weight is 814 g/mol. The molecule has 0 saturated carbocycles. The molecule has 12 nitrogen and oxygen atoms in total. The van der Waals surface area contributed by atoms with E-state index in [0.717, 1.165) is 66.3 Å². The molecule has 0 bridgehead atoms. The highest BCUT2D eigenvalue weighted by Crippen LogP contribution is 2.47. The van der Waals surface area contributed by atoms with Gasteiger partial charge in [0.1, 0.15) is 24.7 Å². The largest absolute Gasteiger partial charge is 0.491 e. The number of nitrogens with zero attached hydrogens (tertiary/aromatic N) is 1. The third kappa shape index (κ3) is 8.71. The summed E-state index contributed by atoms with van der Waals surface area (Å²) in [6.45, 7) is 5.82. The fraction of sp³-hybridized carbons (Fsp3) is 0.292. The van der Waals surface area contributed by atoms with Crippen LogP contribution in [0.4, 0.5) is 17.1 Å². The Labute approximate surface area is 347 Å². The molecule has 0 saturated heterocycles. The van der Waals surface area contributed by atoms with Crippen LogP contribution in [0.1, 0.15) is 20.7 Å². The number of hydrogen-bond donors (Lipinski definition) is 0. The zero-order chi connectivity index (χ0) is 41.3. The average Bonchev–Trinajstić information content (AvgIpc) is 3.27. The number of esters is 2. The zero-order valence-corrected chi connectivity index (χ0v) is 33.7. The van der Waals surface area contributed by atoms with Crippen LogP contribution in [0.5, 0.6) is 11.5 Å². The van der Waals surface area contributed by atoms with Crippen molar-refractivity contribution in [2.45, 2.75) is 0 Å². The first kappa shape index (κ1) is 40.9. The quantitative estimate of drug-likeness (QED) is 0.0202.